The largest absolute Gasteiger partial charge is 0.310 e. The molecule has 1 saturated carbocycles. The van der Waals surface area contributed by atoms with E-state index in [1.807, 2.05) is 0 Å². The van der Waals surface area contributed by atoms with Crippen LogP contribution in [-0.4, -0.2) is 4.57 Å². The number of nitrogens with zero attached hydrogens (tertiary/aromatic N) is 2. The number of rotatable bonds is 5. The zero-order chi connectivity index (χ0) is 30.2. The molecule has 1 fully saturated rings. The Morgan fingerprint density at radius 1 is 0.489 bits per heavy atom. The second kappa shape index (κ2) is 9.71. The molecule has 2 atom stereocenters. The topological polar surface area (TPSA) is 8.17 Å². The summed E-state index contributed by atoms with van der Waals surface area (Å²) in [6.07, 6.45) is 3.84. The van der Waals surface area contributed by atoms with Crippen LogP contribution in [0.2, 0.25) is 0 Å². The molecule has 0 N–H and O–H groups in total. The van der Waals surface area contributed by atoms with E-state index in [9.17, 15) is 0 Å². The van der Waals surface area contributed by atoms with E-state index < -0.39 is 0 Å². The molecule has 45 heavy (non-hydrogen) atoms. The Morgan fingerprint density at radius 2 is 1.04 bits per heavy atom. The smallest absolute Gasteiger partial charge is 0.0541 e. The van der Waals surface area contributed by atoms with Crippen LogP contribution in [0.25, 0.3) is 38.6 Å². The van der Waals surface area contributed by atoms with Gasteiger partial charge < -0.3 is 9.47 Å². The summed E-state index contributed by atoms with van der Waals surface area (Å²) in [5.74, 6) is 0. The van der Waals surface area contributed by atoms with Crippen molar-refractivity contribution in [3.63, 3.8) is 0 Å². The molecule has 2 unspecified atom stereocenters. The normalized spacial score (nSPS) is 20.1. The van der Waals surface area contributed by atoms with Crippen LogP contribution in [0.4, 0.5) is 17.1 Å². The van der Waals surface area contributed by atoms with Gasteiger partial charge in [-0.3, -0.25) is 0 Å². The Hall–Kier alpha value is -5.08. The third kappa shape index (κ3) is 4.02. The maximum Gasteiger partial charge on any atom is 0.0541 e. The molecule has 2 aliphatic rings. The van der Waals surface area contributed by atoms with Gasteiger partial charge in [-0.2, -0.15) is 0 Å². The fourth-order valence-electron chi connectivity index (χ4n) is 8.62. The van der Waals surface area contributed by atoms with Crippen LogP contribution in [0.15, 0.2) is 146 Å². The first-order valence-corrected chi connectivity index (χ1v) is 16.2. The van der Waals surface area contributed by atoms with Crippen molar-refractivity contribution in [3.05, 3.63) is 157 Å². The number of aromatic nitrogens is 1. The minimum absolute atomic E-state index is 0.271. The van der Waals surface area contributed by atoms with Crippen LogP contribution in [-0.2, 0) is 10.8 Å². The van der Waals surface area contributed by atoms with Crippen molar-refractivity contribution in [2.75, 3.05) is 4.90 Å². The van der Waals surface area contributed by atoms with Crippen LogP contribution in [0.5, 0.6) is 0 Å². The van der Waals surface area contributed by atoms with Gasteiger partial charge in [0.2, 0.25) is 0 Å². The highest BCUT2D eigenvalue weighted by atomic mass is 15.1. The lowest BCUT2D eigenvalue weighted by Gasteiger charge is -2.28. The van der Waals surface area contributed by atoms with Crippen molar-refractivity contribution < 1.29 is 0 Å². The van der Waals surface area contributed by atoms with E-state index in [1.54, 1.807) is 11.1 Å². The molecule has 6 aromatic carbocycles. The average Bonchev–Trinajstić information content (AvgIpc) is 3.68. The lowest BCUT2D eigenvalue weighted by atomic mass is 9.77. The summed E-state index contributed by atoms with van der Waals surface area (Å²) in [5.41, 5.74) is 13.3. The lowest BCUT2D eigenvalue weighted by Crippen LogP contribution is -2.17. The van der Waals surface area contributed by atoms with Gasteiger partial charge in [-0.1, -0.05) is 105 Å². The molecule has 1 heterocycles. The summed E-state index contributed by atoms with van der Waals surface area (Å²) in [4.78, 5) is 2.39. The van der Waals surface area contributed by atoms with Crippen molar-refractivity contribution >= 4 is 38.9 Å². The molecule has 2 bridgehead atoms. The highest BCUT2D eigenvalue weighted by molar-refractivity contribution is 6.09. The Kier molecular flexibility index (Phi) is 5.68. The molecular formula is C43H36N2. The standard InChI is InChI=1S/C43H36N2/c1-42-23-24-43(2,29-42)39-27-30(21-22-38(39)42)31-25-34(44(32-13-5-3-6-14-32)33-15-7-4-8-16-33)28-35(26-31)45-40-19-11-9-17-36(40)37-18-10-12-20-41(37)45/h3-22,25-28H,23-24,29H2,1-2H3. The number of benzene rings is 6. The summed E-state index contributed by atoms with van der Waals surface area (Å²) in [6.45, 7) is 4.96. The second-order valence-electron chi connectivity index (χ2n) is 13.7. The molecule has 218 valence electrons. The number of hydrogen-bond donors (Lipinski definition) is 0. The Bertz CT molecular complexity index is 2140. The van der Waals surface area contributed by atoms with Gasteiger partial charge in [0.15, 0.2) is 0 Å². The fraction of sp³-hybridized carbons (Fsp3) is 0.163. The zero-order valence-corrected chi connectivity index (χ0v) is 25.9. The summed E-state index contributed by atoms with van der Waals surface area (Å²) >= 11 is 0. The molecule has 0 spiro atoms. The van der Waals surface area contributed by atoms with Crippen LogP contribution < -0.4 is 4.90 Å². The average molecular weight is 581 g/mol. The van der Waals surface area contributed by atoms with Gasteiger partial charge in [0.1, 0.15) is 0 Å². The highest BCUT2D eigenvalue weighted by Crippen LogP contribution is 2.60. The first-order valence-electron chi connectivity index (χ1n) is 16.2. The Morgan fingerprint density at radius 3 is 1.67 bits per heavy atom. The molecule has 2 heteroatoms. The maximum absolute atomic E-state index is 2.52. The molecular weight excluding hydrogens is 544 g/mol. The van der Waals surface area contributed by atoms with Crippen molar-refractivity contribution in [2.24, 2.45) is 0 Å². The predicted molar refractivity (Wildman–Crippen MR) is 189 cm³/mol. The summed E-state index contributed by atoms with van der Waals surface area (Å²) in [7, 11) is 0. The molecule has 1 aromatic heterocycles. The first kappa shape index (κ1) is 26.3. The van der Waals surface area contributed by atoms with E-state index in [4.69, 9.17) is 0 Å². The fourth-order valence-corrected chi connectivity index (χ4v) is 8.62. The monoisotopic (exact) mass is 580 g/mol. The number of fused-ring (bicyclic) bond motifs is 8. The third-order valence-electron chi connectivity index (χ3n) is 10.7. The van der Waals surface area contributed by atoms with E-state index >= 15 is 0 Å². The second-order valence-corrected chi connectivity index (χ2v) is 13.7. The van der Waals surface area contributed by atoms with E-state index in [2.05, 4.69) is 169 Å². The molecule has 0 saturated heterocycles. The van der Waals surface area contributed by atoms with Gasteiger partial charge >= 0.3 is 0 Å². The number of hydrogen-bond acceptors (Lipinski definition) is 1. The first-order chi connectivity index (χ1) is 22.0. The maximum atomic E-state index is 2.52. The molecule has 0 amide bonds. The minimum Gasteiger partial charge on any atom is -0.310 e. The highest BCUT2D eigenvalue weighted by Gasteiger charge is 2.52. The molecule has 9 rings (SSSR count). The molecule has 0 aliphatic heterocycles. The van der Waals surface area contributed by atoms with Gasteiger partial charge in [0.25, 0.3) is 0 Å². The van der Waals surface area contributed by atoms with Crippen LogP contribution in [0.1, 0.15) is 44.2 Å². The van der Waals surface area contributed by atoms with Gasteiger partial charge in [-0.25, -0.2) is 0 Å². The SMILES string of the molecule is CC12CCC(C)(C1)c1cc(-c3cc(N(c4ccccc4)c4ccccc4)cc(-n4c5ccccc5c5ccccc54)c3)ccc12. The summed E-state index contributed by atoms with van der Waals surface area (Å²) < 4.78 is 2.45. The predicted octanol–water partition coefficient (Wildman–Crippen LogP) is 11.6. The Balaban J connectivity index is 1.33. The number of anilines is 3. The van der Waals surface area contributed by atoms with E-state index in [0.717, 1.165) is 22.7 Å². The van der Waals surface area contributed by atoms with Crippen molar-refractivity contribution in [3.8, 4) is 16.8 Å². The molecule has 0 radical (unpaired) electrons. The summed E-state index contributed by atoms with van der Waals surface area (Å²) in [6, 6.07) is 53.6. The lowest BCUT2D eigenvalue weighted by molar-refractivity contribution is 0.484. The molecule has 7 aromatic rings. The number of para-hydroxylation sites is 4. The minimum atomic E-state index is 0.271. The van der Waals surface area contributed by atoms with E-state index in [0.29, 0.717) is 5.41 Å². The van der Waals surface area contributed by atoms with Gasteiger partial charge in [-0.05, 0) is 107 Å². The van der Waals surface area contributed by atoms with E-state index in [1.165, 1.54) is 52.2 Å². The quantitative estimate of drug-likeness (QED) is 0.197. The Labute approximate surface area is 265 Å². The van der Waals surface area contributed by atoms with Crippen LogP contribution in [0, 0.1) is 0 Å². The third-order valence-corrected chi connectivity index (χ3v) is 10.7. The summed E-state index contributed by atoms with van der Waals surface area (Å²) in [5, 5.41) is 2.55. The van der Waals surface area contributed by atoms with Gasteiger partial charge in [-0.15, -0.1) is 0 Å². The van der Waals surface area contributed by atoms with Crippen LogP contribution in [0.3, 0.4) is 0 Å². The molecule has 2 nitrogen and oxygen atoms in total. The van der Waals surface area contributed by atoms with Crippen molar-refractivity contribution in [1.82, 2.24) is 4.57 Å². The van der Waals surface area contributed by atoms with E-state index in [-0.39, 0.29) is 5.41 Å². The van der Waals surface area contributed by atoms with Gasteiger partial charge in [0.05, 0.1) is 11.0 Å². The van der Waals surface area contributed by atoms with Crippen molar-refractivity contribution in [1.29, 1.82) is 0 Å². The zero-order valence-electron chi connectivity index (χ0n) is 25.9. The molecule has 2 aliphatic carbocycles. The van der Waals surface area contributed by atoms with Gasteiger partial charge in [0, 0.05) is 33.5 Å². The van der Waals surface area contributed by atoms with Crippen LogP contribution >= 0.6 is 0 Å². The van der Waals surface area contributed by atoms with Crippen molar-refractivity contribution in [2.45, 2.75) is 43.9 Å².